The van der Waals surface area contributed by atoms with E-state index < -0.39 is 11.7 Å². The Morgan fingerprint density at radius 2 is 1.89 bits per heavy atom. The van der Waals surface area contributed by atoms with Crippen LogP contribution in [0.25, 0.3) is 0 Å². The van der Waals surface area contributed by atoms with E-state index in [0.29, 0.717) is 0 Å². The predicted molar refractivity (Wildman–Crippen MR) is 75.1 cm³/mol. The van der Waals surface area contributed by atoms with Crippen LogP contribution in [0.3, 0.4) is 0 Å². The van der Waals surface area contributed by atoms with E-state index >= 15 is 0 Å². The van der Waals surface area contributed by atoms with Gasteiger partial charge in [-0.3, -0.25) is 0 Å². The summed E-state index contributed by atoms with van der Waals surface area (Å²) in [5.74, 6) is 0.0127. The molecule has 1 aromatic rings. The summed E-state index contributed by atoms with van der Waals surface area (Å²) in [7, 11) is 0. The van der Waals surface area contributed by atoms with E-state index in [1.54, 1.807) is 20.8 Å². The molecule has 1 amide bonds. The summed E-state index contributed by atoms with van der Waals surface area (Å²) in [5, 5.41) is 12.1. The van der Waals surface area contributed by atoms with Crippen LogP contribution in [-0.2, 0) is 4.74 Å². The van der Waals surface area contributed by atoms with Crippen LogP contribution in [-0.4, -0.2) is 29.4 Å². The maximum absolute atomic E-state index is 11.7. The minimum Gasteiger partial charge on any atom is -0.444 e. The van der Waals surface area contributed by atoms with Crippen LogP contribution in [0.15, 0.2) is 30.3 Å². The van der Waals surface area contributed by atoms with E-state index in [1.165, 1.54) is 0 Å². The summed E-state index contributed by atoms with van der Waals surface area (Å²) in [6.07, 6.45) is -0.505. The smallest absolute Gasteiger partial charge is 0.407 e. The van der Waals surface area contributed by atoms with Crippen LogP contribution >= 0.6 is 0 Å². The molecule has 1 aromatic carbocycles. The second-order valence-electron chi connectivity index (χ2n) is 5.63. The Bertz CT molecular complexity index is 398. The molecule has 0 aromatic heterocycles. The average molecular weight is 265 g/mol. The SMILES string of the molecule is C[C@@H](c1ccccc1)[C@@H](CO)NC(=O)OC(C)(C)C. The van der Waals surface area contributed by atoms with Crippen molar-refractivity contribution in [1.29, 1.82) is 0 Å². The van der Waals surface area contributed by atoms with Crippen LogP contribution in [0.2, 0.25) is 0 Å². The van der Waals surface area contributed by atoms with Crippen LogP contribution in [0, 0.1) is 0 Å². The van der Waals surface area contributed by atoms with Gasteiger partial charge >= 0.3 is 6.09 Å². The molecule has 2 atom stereocenters. The number of hydrogen-bond acceptors (Lipinski definition) is 3. The number of carbonyl (C=O) groups is 1. The molecule has 0 bridgehead atoms. The van der Waals surface area contributed by atoms with Crippen molar-refractivity contribution in [3.05, 3.63) is 35.9 Å². The predicted octanol–water partition coefficient (Wildman–Crippen LogP) is 2.68. The second kappa shape index (κ2) is 6.57. The van der Waals surface area contributed by atoms with E-state index in [4.69, 9.17) is 4.74 Å². The fourth-order valence-corrected chi connectivity index (χ4v) is 1.78. The van der Waals surface area contributed by atoms with E-state index in [1.807, 2.05) is 37.3 Å². The molecule has 0 aliphatic carbocycles. The minimum absolute atomic E-state index is 0.0127. The lowest BCUT2D eigenvalue weighted by molar-refractivity contribution is 0.0473. The molecule has 0 spiro atoms. The van der Waals surface area contributed by atoms with Crippen molar-refractivity contribution in [3.63, 3.8) is 0 Å². The molecule has 0 heterocycles. The number of aliphatic hydroxyl groups excluding tert-OH is 1. The third-order valence-electron chi connectivity index (χ3n) is 2.83. The first-order valence-electron chi connectivity index (χ1n) is 6.49. The number of alkyl carbamates (subject to hydrolysis) is 1. The first kappa shape index (κ1) is 15.5. The summed E-state index contributed by atoms with van der Waals surface area (Å²) in [4.78, 5) is 11.7. The number of rotatable bonds is 4. The van der Waals surface area contributed by atoms with Gasteiger partial charge in [-0.1, -0.05) is 37.3 Å². The molecule has 0 unspecified atom stereocenters. The van der Waals surface area contributed by atoms with Crippen molar-refractivity contribution < 1.29 is 14.6 Å². The Hall–Kier alpha value is -1.55. The lowest BCUT2D eigenvalue weighted by atomic mass is 9.94. The van der Waals surface area contributed by atoms with Crippen LogP contribution in [0.4, 0.5) is 4.79 Å². The monoisotopic (exact) mass is 265 g/mol. The standard InChI is InChI=1S/C15H23NO3/c1-11(12-8-6-5-7-9-12)13(10-17)16-14(18)19-15(2,3)4/h5-9,11,13,17H,10H2,1-4H3,(H,16,18)/t11-,13+/m0/s1. The summed E-state index contributed by atoms with van der Waals surface area (Å²) < 4.78 is 5.19. The molecule has 0 radical (unpaired) electrons. The Kier molecular flexibility index (Phi) is 5.36. The summed E-state index contributed by atoms with van der Waals surface area (Å²) in [6, 6.07) is 9.40. The second-order valence-corrected chi connectivity index (χ2v) is 5.63. The number of carbonyl (C=O) groups excluding carboxylic acids is 1. The zero-order valence-corrected chi connectivity index (χ0v) is 12.0. The maximum atomic E-state index is 11.7. The largest absolute Gasteiger partial charge is 0.444 e. The van der Waals surface area contributed by atoms with E-state index in [0.717, 1.165) is 5.56 Å². The molecule has 0 fully saturated rings. The third kappa shape index (κ3) is 5.30. The molecule has 0 saturated carbocycles. The van der Waals surface area contributed by atoms with Gasteiger partial charge in [0.1, 0.15) is 5.60 Å². The minimum atomic E-state index is -0.542. The molecule has 4 nitrogen and oxygen atoms in total. The number of hydrogen-bond donors (Lipinski definition) is 2. The lowest BCUT2D eigenvalue weighted by Crippen LogP contribution is -2.43. The maximum Gasteiger partial charge on any atom is 0.407 e. The third-order valence-corrected chi connectivity index (χ3v) is 2.83. The molecular weight excluding hydrogens is 242 g/mol. The van der Waals surface area contributed by atoms with Gasteiger partial charge in [-0.05, 0) is 26.3 Å². The molecule has 106 valence electrons. The first-order valence-corrected chi connectivity index (χ1v) is 6.49. The summed E-state index contributed by atoms with van der Waals surface area (Å²) >= 11 is 0. The van der Waals surface area contributed by atoms with Gasteiger partial charge in [0.05, 0.1) is 12.6 Å². The van der Waals surface area contributed by atoms with Crippen LogP contribution < -0.4 is 5.32 Å². The molecular formula is C15H23NO3. The average Bonchev–Trinajstić information content (AvgIpc) is 2.34. The zero-order chi connectivity index (χ0) is 14.5. The van der Waals surface area contributed by atoms with Gasteiger partial charge in [0, 0.05) is 5.92 Å². The number of aliphatic hydroxyl groups is 1. The van der Waals surface area contributed by atoms with Crippen molar-refractivity contribution in [2.45, 2.75) is 45.3 Å². The summed E-state index contributed by atoms with van der Waals surface area (Å²) in [5.41, 5.74) is 0.526. The highest BCUT2D eigenvalue weighted by Crippen LogP contribution is 2.19. The van der Waals surface area contributed by atoms with Crippen molar-refractivity contribution >= 4 is 6.09 Å². The normalized spacial score (nSPS) is 14.6. The van der Waals surface area contributed by atoms with E-state index in [9.17, 15) is 9.90 Å². The van der Waals surface area contributed by atoms with Crippen LogP contribution in [0.5, 0.6) is 0 Å². The van der Waals surface area contributed by atoms with Crippen molar-refractivity contribution in [3.8, 4) is 0 Å². The van der Waals surface area contributed by atoms with Gasteiger partial charge in [-0.15, -0.1) is 0 Å². The fraction of sp³-hybridized carbons (Fsp3) is 0.533. The first-order chi connectivity index (χ1) is 8.83. The highest BCUT2D eigenvalue weighted by molar-refractivity contribution is 5.68. The number of amides is 1. The number of nitrogens with one attached hydrogen (secondary N) is 1. The molecule has 0 aliphatic rings. The lowest BCUT2D eigenvalue weighted by Gasteiger charge is -2.26. The summed E-state index contributed by atoms with van der Waals surface area (Å²) in [6.45, 7) is 7.26. The molecule has 0 aliphatic heterocycles. The Labute approximate surface area is 114 Å². The van der Waals surface area contributed by atoms with E-state index in [-0.39, 0.29) is 18.6 Å². The molecule has 4 heteroatoms. The van der Waals surface area contributed by atoms with Gasteiger partial charge < -0.3 is 15.2 Å². The number of ether oxygens (including phenoxy) is 1. The Morgan fingerprint density at radius 1 is 1.32 bits per heavy atom. The molecule has 0 saturated heterocycles. The highest BCUT2D eigenvalue weighted by Gasteiger charge is 2.23. The van der Waals surface area contributed by atoms with Gasteiger partial charge in [0.25, 0.3) is 0 Å². The van der Waals surface area contributed by atoms with Crippen molar-refractivity contribution in [2.75, 3.05) is 6.61 Å². The van der Waals surface area contributed by atoms with Gasteiger partial charge in [0.15, 0.2) is 0 Å². The molecule has 1 rings (SSSR count). The molecule has 19 heavy (non-hydrogen) atoms. The molecule has 2 N–H and O–H groups in total. The van der Waals surface area contributed by atoms with Crippen LogP contribution in [0.1, 0.15) is 39.2 Å². The number of benzene rings is 1. The Morgan fingerprint density at radius 3 is 2.37 bits per heavy atom. The Balaban J connectivity index is 2.66. The van der Waals surface area contributed by atoms with Crippen molar-refractivity contribution in [1.82, 2.24) is 5.32 Å². The van der Waals surface area contributed by atoms with Gasteiger partial charge in [0.2, 0.25) is 0 Å². The fourth-order valence-electron chi connectivity index (χ4n) is 1.78. The van der Waals surface area contributed by atoms with E-state index in [2.05, 4.69) is 5.32 Å². The zero-order valence-electron chi connectivity index (χ0n) is 12.0. The van der Waals surface area contributed by atoms with Gasteiger partial charge in [-0.2, -0.15) is 0 Å². The van der Waals surface area contributed by atoms with Gasteiger partial charge in [-0.25, -0.2) is 4.79 Å². The topological polar surface area (TPSA) is 58.6 Å². The highest BCUT2D eigenvalue weighted by atomic mass is 16.6. The van der Waals surface area contributed by atoms with Crippen molar-refractivity contribution in [2.24, 2.45) is 0 Å². The quantitative estimate of drug-likeness (QED) is 0.880.